The third-order valence-corrected chi connectivity index (χ3v) is 17.4. The van der Waals surface area contributed by atoms with Gasteiger partial charge in [0.05, 0.1) is 482 Å². The van der Waals surface area contributed by atoms with Crippen molar-refractivity contribution >= 4 is 17.5 Å². The zero-order valence-electron chi connectivity index (χ0n) is 82.3. The molecule has 0 saturated carbocycles. The Labute approximate surface area is 799 Å². The fourth-order valence-electron chi connectivity index (χ4n) is 10.3. The molecule has 0 unspecified atom stereocenters. The molecule has 1 N–H and O–H groups in total. The van der Waals surface area contributed by atoms with Crippen LogP contribution in [0.5, 0.6) is 0 Å². The van der Waals surface area contributed by atoms with Gasteiger partial charge in [0.25, 0.3) is 0 Å². The van der Waals surface area contributed by atoms with Gasteiger partial charge in [-0.1, -0.05) is 6.92 Å². The van der Waals surface area contributed by atoms with Crippen LogP contribution < -0.4 is 5.32 Å². The van der Waals surface area contributed by atoms with Crippen molar-refractivity contribution < 1.29 is 199 Å². The lowest BCUT2D eigenvalue weighted by atomic mass is 9.94. The summed E-state index contributed by atoms with van der Waals surface area (Å²) in [7, 11) is 4.91. The molecule has 0 aromatic rings. The zero-order chi connectivity index (χ0) is 96.2. The predicted octanol–water partition coefficient (Wildman–Crippen LogP) is 2.51. The molecule has 0 aliphatic carbocycles. The van der Waals surface area contributed by atoms with Crippen molar-refractivity contribution in [1.29, 1.82) is 0 Å². The number of hydrogen-bond acceptors (Lipinski definition) is 42. The maximum atomic E-state index is 12.8. The smallest absolute Gasteiger partial charge is 0.222 e. The van der Waals surface area contributed by atoms with Crippen LogP contribution in [0.25, 0.3) is 0 Å². The van der Waals surface area contributed by atoms with Crippen LogP contribution in [0.15, 0.2) is 0 Å². The highest BCUT2D eigenvalue weighted by Gasteiger charge is 2.27. The summed E-state index contributed by atoms with van der Waals surface area (Å²) >= 11 is 0. The Bertz CT molecular complexity index is 2000. The molecule has 1 amide bonds. The van der Waals surface area contributed by atoms with E-state index in [1.165, 1.54) is 0 Å². The van der Waals surface area contributed by atoms with Gasteiger partial charge in [0, 0.05) is 78.6 Å². The first kappa shape index (κ1) is 131. The van der Waals surface area contributed by atoms with Gasteiger partial charge in [-0.2, -0.15) is 0 Å². The summed E-state index contributed by atoms with van der Waals surface area (Å²) in [5, 5.41) is 2.85. The van der Waals surface area contributed by atoms with Crippen molar-refractivity contribution in [2.45, 2.75) is 51.9 Å². The monoisotopic (exact) mass is 1960 g/mol. The molecule has 0 saturated heterocycles. The Morgan fingerprint density at radius 2 is 0.291 bits per heavy atom. The van der Waals surface area contributed by atoms with Crippen LogP contribution in [0, 0.1) is 5.41 Å². The molecule has 43 heteroatoms. The van der Waals surface area contributed by atoms with Gasteiger partial charge < -0.3 is 190 Å². The van der Waals surface area contributed by atoms with Gasteiger partial charge in [-0.25, -0.2) is 0 Å². The molecule has 0 atom stereocenters. The first-order valence-corrected chi connectivity index (χ1v) is 47.9. The number of carbonyl (C=O) groups excluding carboxylic acids is 3. The predicted molar refractivity (Wildman–Crippen MR) is 489 cm³/mol. The lowest BCUT2D eigenvalue weighted by molar-refractivity contribution is -0.123. The molecule has 0 fully saturated rings. The lowest BCUT2D eigenvalue weighted by Gasteiger charge is -2.29. The summed E-state index contributed by atoms with van der Waals surface area (Å²) in [5.41, 5.74) is -0.646. The second kappa shape index (κ2) is 119. The molecule has 43 nitrogen and oxygen atoms in total. The van der Waals surface area contributed by atoms with E-state index in [0.29, 0.717) is 488 Å². The number of nitrogens with one attached hydrogen (secondary N) is 1. The third-order valence-electron chi connectivity index (χ3n) is 17.4. The van der Waals surface area contributed by atoms with Gasteiger partial charge in [0.1, 0.15) is 11.6 Å². The molecule has 0 aromatic heterocycles. The standard InChI is InChI=1S/C91H179NO42/c1-91(85-132-15-9-88(93)7-5-13-99-25-28-105-37-40-111-49-52-117-61-64-123-73-76-129-82-79-126-70-67-120-58-55-114-46-43-108-34-31-102-22-19-96-2,86-133-16-10-89(94)8-6-14-100-26-29-106-38-41-112-50-53-118-62-65-124-74-77-130-83-80-127-71-68-121-59-56-115-47-44-109-35-32-103-23-20-97-3)87-134-17-11-90(95)92-12-18-101-27-30-107-39-42-113-51-54-119-63-66-125-75-78-131-84-81-128-72-69-122-60-57-116-48-45-110-36-33-104-24-21-98-4/h5-87H2,1-4H3,(H,92,95). The minimum atomic E-state index is -0.646. The SMILES string of the molecule is COCCOCCOCCOCCOCCOCCOCCOCCOCCOCCOCCOCCCC(=O)CCOCC(C)(COCCC(=O)CCCOCCOCCOCCOCCOCCOCCOCCOCCOCCOCCOCCOC)COCCC(=O)NCCOCCOCCOCCOCCOCCOCCOCCOCCOCCOCCOCCOC. The average molecular weight is 1960 g/mol. The zero-order valence-corrected chi connectivity index (χ0v) is 82.3. The highest BCUT2D eigenvalue weighted by atomic mass is 16.6. The highest BCUT2D eigenvalue weighted by Crippen LogP contribution is 2.20. The molecule has 0 aliphatic rings. The van der Waals surface area contributed by atoms with E-state index >= 15 is 0 Å². The van der Waals surface area contributed by atoms with Crippen LogP contribution in [-0.4, -0.2) is 541 Å². The topological polar surface area (TPSA) is 423 Å². The van der Waals surface area contributed by atoms with E-state index < -0.39 is 5.41 Å². The summed E-state index contributed by atoms with van der Waals surface area (Å²) in [5.74, 6) is -0.0761. The second-order valence-electron chi connectivity index (χ2n) is 29.0. The summed E-state index contributed by atoms with van der Waals surface area (Å²) in [4.78, 5) is 38.3. The third kappa shape index (κ3) is 116. The average Bonchev–Trinajstić information content (AvgIpc) is 0.895. The summed E-state index contributed by atoms with van der Waals surface area (Å²) in [6.45, 7) is 35.8. The van der Waals surface area contributed by atoms with Crippen molar-refractivity contribution in [1.82, 2.24) is 5.32 Å². The van der Waals surface area contributed by atoms with Crippen LogP contribution in [0.3, 0.4) is 0 Å². The van der Waals surface area contributed by atoms with Crippen LogP contribution >= 0.6 is 0 Å². The van der Waals surface area contributed by atoms with Gasteiger partial charge in [-0.15, -0.1) is 0 Å². The van der Waals surface area contributed by atoms with Crippen LogP contribution in [0.4, 0.5) is 0 Å². The first-order chi connectivity index (χ1) is 66.4. The van der Waals surface area contributed by atoms with Crippen molar-refractivity contribution in [2.24, 2.45) is 5.41 Å². The normalized spacial score (nSPS) is 11.9. The molecule has 134 heavy (non-hydrogen) atoms. The van der Waals surface area contributed by atoms with Crippen molar-refractivity contribution in [2.75, 3.05) is 523 Å². The quantitative estimate of drug-likeness (QED) is 0.0855. The van der Waals surface area contributed by atoms with Gasteiger partial charge in [0.15, 0.2) is 0 Å². The molecule has 0 rings (SSSR count). The molecular weight excluding hydrogens is 1780 g/mol. The molecule has 0 aromatic carbocycles. The maximum absolute atomic E-state index is 12.8. The molecular formula is C91H179NO42. The Balaban J connectivity index is 4.26. The number of hydrogen-bond donors (Lipinski definition) is 1. The van der Waals surface area contributed by atoms with Crippen LogP contribution in [-0.2, 0) is 199 Å². The van der Waals surface area contributed by atoms with Gasteiger partial charge >= 0.3 is 0 Å². The summed E-state index contributed by atoms with van der Waals surface area (Å²) in [6, 6.07) is 0. The molecule has 0 heterocycles. The number of amides is 1. The number of methoxy groups -OCH3 is 3. The molecule has 0 spiro atoms. The number of carbonyl (C=O) groups is 3. The molecule has 0 aliphatic heterocycles. The number of ether oxygens (including phenoxy) is 39. The van der Waals surface area contributed by atoms with Gasteiger partial charge in [-0.3, -0.25) is 14.4 Å². The van der Waals surface area contributed by atoms with E-state index in [-0.39, 0.29) is 76.4 Å². The molecule has 800 valence electrons. The number of Topliss-reactive ketones (excluding diaryl/α,β-unsaturated/α-hetero) is 2. The van der Waals surface area contributed by atoms with E-state index in [9.17, 15) is 14.4 Å². The van der Waals surface area contributed by atoms with Crippen molar-refractivity contribution in [3.8, 4) is 0 Å². The Hall–Kier alpha value is -2.75. The highest BCUT2D eigenvalue weighted by molar-refractivity contribution is 5.78. The summed E-state index contributed by atoms with van der Waals surface area (Å²) in [6.07, 6.45) is 2.43. The van der Waals surface area contributed by atoms with Crippen LogP contribution in [0.2, 0.25) is 0 Å². The van der Waals surface area contributed by atoms with Gasteiger partial charge in [0.2, 0.25) is 5.91 Å². The maximum Gasteiger partial charge on any atom is 0.222 e. The van der Waals surface area contributed by atoms with E-state index in [1.807, 2.05) is 6.92 Å². The Morgan fingerprint density at radius 1 is 0.157 bits per heavy atom. The van der Waals surface area contributed by atoms with Crippen molar-refractivity contribution in [3.63, 3.8) is 0 Å². The summed E-state index contributed by atoms with van der Waals surface area (Å²) < 4.78 is 215. The van der Waals surface area contributed by atoms with E-state index in [1.54, 1.807) is 21.3 Å². The minimum absolute atomic E-state index is 0.0556. The first-order valence-electron chi connectivity index (χ1n) is 47.9. The van der Waals surface area contributed by atoms with E-state index in [2.05, 4.69) is 5.32 Å². The Morgan fingerprint density at radius 3 is 0.448 bits per heavy atom. The fourth-order valence-corrected chi connectivity index (χ4v) is 10.3. The van der Waals surface area contributed by atoms with Crippen LogP contribution in [0.1, 0.15) is 51.9 Å². The van der Waals surface area contributed by atoms with E-state index in [0.717, 1.165) is 0 Å². The largest absolute Gasteiger partial charge is 0.382 e. The Kier molecular flexibility index (Phi) is 117. The number of rotatable bonds is 125. The van der Waals surface area contributed by atoms with E-state index in [4.69, 9.17) is 185 Å². The fraction of sp³-hybridized carbons (Fsp3) is 0.967. The molecule has 0 bridgehead atoms. The van der Waals surface area contributed by atoms with Gasteiger partial charge in [-0.05, 0) is 12.8 Å². The minimum Gasteiger partial charge on any atom is -0.382 e. The number of ketones is 2. The lowest BCUT2D eigenvalue weighted by Crippen LogP contribution is -2.35. The molecule has 0 radical (unpaired) electrons. The van der Waals surface area contributed by atoms with Crippen molar-refractivity contribution in [3.05, 3.63) is 0 Å². The second-order valence-corrected chi connectivity index (χ2v) is 29.0.